The summed E-state index contributed by atoms with van der Waals surface area (Å²) in [6.45, 7) is 2.74. The number of carbonyl (C=O) groups is 1. The van der Waals surface area contributed by atoms with Crippen LogP contribution in [0.25, 0.3) is 0 Å². The van der Waals surface area contributed by atoms with E-state index in [1.54, 1.807) is 0 Å². The number of aliphatic hydroxyl groups is 1. The average Bonchev–Trinajstić information content (AvgIpc) is 2.77. The van der Waals surface area contributed by atoms with Crippen molar-refractivity contribution in [3.05, 3.63) is 12.2 Å². The fourth-order valence-corrected chi connectivity index (χ4v) is 3.92. The normalized spacial score (nSPS) is 13.4. The van der Waals surface area contributed by atoms with E-state index in [2.05, 4.69) is 13.0 Å². The van der Waals surface area contributed by atoms with E-state index in [9.17, 15) is 18.3 Å². The molecule has 0 spiro atoms. The van der Waals surface area contributed by atoms with Gasteiger partial charge in [-0.2, -0.15) is 8.42 Å². The first kappa shape index (κ1) is 35.2. The Morgan fingerprint density at radius 3 is 1.85 bits per heavy atom. The minimum absolute atomic E-state index is 0.100. The predicted octanol–water partition coefficient (Wildman–Crippen LogP) is 4.80. The largest absolute Gasteiger partial charge is 0.480 e. The van der Waals surface area contributed by atoms with Gasteiger partial charge in [-0.15, -0.1) is 0 Å². The second-order valence-corrected chi connectivity index (χ2v) is 10.5. The summed E-state index contributed by atoms with van der Waals surface area (Å²) >= 11 is 0. The van der Waals surface area contributed by atoms with Gasteiger partial charge in [0.25, 0.3) is 10.1 Å². The molecule has 0 aromatic rings. The van der Waals surface area contributed by atoms with E-state index in [0.29, 0.717) is 19.4 Å². The zero-order chi connectivity index (χ0) is 26.1. The molecule has 0 saturated carbocycles. The molecule has 7 N–H and O–H groups in total. The molecule has 0 amide bonds. The number of carboxylic acid groups (broad SMARTS) is 1. The maximum atomic E-state index is 10.5. The van der Waals surface area contributed by atoms with E-state index >= 15 is 0 Å². The first-order valence-electron chi connectivity index (χ1n) is 13.1. The molecular formula is C25H52N2O6S. The number of rotatable bonds is 22. The van der Waals surface area contributed by atoms with Crippen molar-refractivity contribution >= 4 is 16.1 Å². The standard InChI is InChI=1S/C19H38O4S.C6H14N2O2/c1-2-3-16-19(20)17-14-12-10-8-6-4-5-7-9-11-13-15-18-24(21,22)23;7-4-2-1-3-5(8)6(9)10/h14,17,19-20H,2-13,15-16,18H2,1H3,(H,21,22,23);5H,1-4,7-8H2,(H,9,10)/b17-14-;/t19-;5-/m10/s1. The van der Waals surface area contributed by atoms with Crippen LogP contribution in [0.3, 0.4) is 0 Å². The van der Waals surface area contributed by atoms with Gasteiger partial charge in [0.1, 0.15) is 6.04 Å². The molecule has 0 aromatic heterocycles. The molecule has 0 aromatic carbocycles. The van der Waals surface area contributed by atoms with Crippen LogP contribution in [0.5, 0.6) is 0 Å². The van der Waals surface area contributed by atoms with Crippen molar-refractivity contribution in [1.82, 2.24) is 0 Å². The van der Waals surface area contributed by atoms with Crippen molar-refractivity contribution in [1.29, 1.82) is 0 Å². The summed E-state index contributed by atoms with van der Waals surface area (Å²) < 4.78 is 29.7. The second kappa shape index (κ2) is 25.1. The van der Waals surface area contributed by atoms with Crippen LogP contribution in [-0.4, -0.2) is 53.6 Å². The summed E-state index contributed by atoms with van der Waals surface area (Å²) in [5.41, 5.74) is 10.4. The molecule has 0 saturated heterocycles. The van der Waals surface area contributed by atoms with Crippen LogP contribution in [-0.2, 0) is 14.9 Å². The molecule has 0 aliphatic heterocycles. The van der Waals surface area contributed by atoms with Gasteiger partial charge in [-0.3, -0.25) is 9.35 Å². The van der Waals surface area contributed by atoms with Gasteiger partial charge in [0.15, 0.2) is 0 Å². The van der Waals surface area contributed by atoms with Gasteiger partial charge in [-0.1, -0.05) is 89.7 Å². The molecular weight excluding hydrogens is 456 g/mol. The molecule has 0 fully saturated rings. The van der Waals surface area contributed by atoms with Crippen molar-refractivity contribution < 1.29 is 28.0 Å². The molecule has 0 aliphatic carbocycles. The SMILES string of the molecule is CCCC[C@@H](O)/C=C\CCCCCCCCCCCCS(=O)(=O)O.NCCCC[C@H](N)C(=O)O. The highest BCUT2D eigenvalue weighted by molar-refractivity contribution is 7.85. The number of nitrogens with two attached hydrogens (primary N) is 2. The predicted molar refractivity (Wildman–Crippen MR) is 140 cm³/mol. The fraction of sp³-hybridized carbons (Fsp3) is 0.880. The fourth-order valence-electron chi connectivity index (χ4n) is 3.36. The Hall–Kier alpha value is -1.00. The van der Waals surface area contributed by atoms with E-state index in [1.165, 1.54) is 38.5 Å². The third-order valence-electron chi connectivity index (χ3n) is 5.52. The number of allylic oxidation sites excluding steroid dienone is 1. The van der Waals surface area contributed by atoms with E-state index in [1.807, 2.05) is 6.08 Å². The highest BCUT2D eigenvalue weighted by Crippen LogP contribution is 2.12. The average molecular weight is 509 g/mol. The summed E-state index contributed by atoms with van der Waals surface area (Å²) in [7, 11) is -3.77. The van der Waals surface area contributed by atoms with E-state index in [0.717, 1.165) is 57.8 Å². The Kier molecular flexibility index (Phi) is 26.0. The minimum atomic E-state index is -3.77. The number of unbranched alkanes of at least 4 members (excludes halogenated alkanes) is 12. The molecule has 0 aliphatic rings. The van der Waals surface area contributed by atoms with Gasteiger partial charge in [0, 0.05) is 0 Å². The lowest BCUT2D eigenvalue weighted by atomic mass is 10.1. The third kappa shape index (κ3) is 31.0. The van der Waals surface area contributed by atoms with Crippen molar-refractivity contribution in [2.75, 3.05) is 12.3 Å². The molecule has 2 atom stereocenters. The van der Waals surface area contributed by atoms with E-state index in [4.69, 9.17) is 21.1 Å². The number of hydrogen-bond acceptors (Lipinski definition) is 6. The smallest absolute Gasteiger partial charge is 0.320 e. The lowest BCUT2D eigenvalue weighted by molar-refractivity contribution is -0.138. The molecule has 34 heavy (non-hydrogen) atoms. The maximum absolute atomic E-state index is 10.5. The number of hydrogen-bond donors (Lipinski definition) is 5. The monoisotopic (exact) mass is 508 g/mol. The Labute approximate surface area is 208 Å². The zero-order valence-electron chi connectivity index (χ0n) is 21.4. The van der Waals surface area contributed by atoms with Crippen LogP contribution in [0, 0.1) is 0 Å². The van der Waals surface area contributed by atoms with E-state index < -0.39 is 22.1 Å². The quantitative estimate of drug-likeness (QED) is 0.0790. The number of carboxylic acids is 1. The van der Waals surface area contributed by atoms with Gasteiger partial charge >= 0.3 is 5.97 Å². The molecule has 0 rings (SSSR count). The Morgan fingerprint density at radius 1 is 0.853 bits per heavy atom. The van der Waals surface area contributed by atoms with Crippen LogP contribution in [0.2, 0.25) is 0 Å². The van der Waals surface area contributed by atoms with Crippen LogP contribution in [0.15, 0.2) is 12.2 Å². The second-order valence-electron chi connectivity index (χ2n) is 8.98. The Morgan fingerprint density at radius 2 is 1.38 bits per heavy atom. The van der Waals surface area contributed by atoms with Crippen molar-refractivity contribution in [2.24, 2.45) is 11.5 Å². The van der Waals surface area contributed by atoms with E-state index in [-0.39, 0.29) is 11.9 Å². The molecule has 0 heterocycles. The van der Waals surface area contributed by atoms with Crippen molar-refractivity contribution in [3.8, 4) is 0 Å². The highest BCUT2D eigenvalue weighted by atomic mass is 32.2. The van der Waals surface area contributed by atoms with Crippen LogP contribution < -0.4 is 11.5 Å². The summed E-state index contributed by atoms with van der Waals surface area (Å²) in [6, 6.07) is -0.716. The summed E-state index contributed by atoms with van der Waals surface area (Å²) in [5, 5.41) is 18.0. The summed E-state index contributed by atoms with van der Waals surface area (Å²) in [6.07, 6.45) is 21.3. The summed E-state index contributed by atoms with van der Waals surface area (Å²) in [5.74, 6) is -1.03. The van der Waals surface area contributed by atoms with Crippen LogP contribution >= 0.6 is 0 Å². The highest BCUT2D eigenvalue weighted by Gasteiger charge is 2.09. The van der Waals surface area contributed by atoms with Crippen molar-refractivity contribution in [3.63, 3.8) is 0 Å². The van der Waals surface area contributed by atoms with Crippen molar-refractivity contribution in [2.45, 2.75) is 128 Å². The molecule has 0 unspecified atom stereocenters. The van der Waals surface area contributed by atoms with Gasteiger partial charge < -0.3 is 21.7 Å². The molecule has 204 valence electrons. The topological polar surface area (TPSA) is 164 Å². The zero-order valence-corrected chi connectivity index (χ0v) is 22.2. The van der Waals surface area contributed by atoms with Gasteiger partial charge in [0.2, 0.25) is 0 Å². The van der Waals surface area contributed by atoms with Gasteiger partial charge in [-0.05, 0) is 45.1 Å². The lowest BCUT2D eigenvalue weighted by Crippen LogP contribution is -2.29. The Bertz CT molecular complexity index is 584. The molecule has 8 nitrogen and oxygen atoms in total. The first-order valence-corrected chi connectivity index (χ1v) is 14.7. The third-order valence-corrected chi connectivity index (χ3v) is 6.33. The lowest BCUT2D eigenvalue weighted by Gasteiger charge is -2.03. The van der Waals surface area contributed by atoms with Gasteiger partial charge in [0.05, 0.1) is 11.9 Å². The van der Waals surface area contributed by atoms with Crippen LogP contribution in [0.1, 0.15) is 116 Å². The summed E-state index contributed by atoms with van der Waals surface area (Å²) in [4.78, 5) is 10.1. The maximum Gasteiger partial charge on any atom is 0.320 e. The molecule has 0 radical (unpaired) electrons. The number of aliphatic carboxylic acids is 1. The number of aliphatic hydroxyl groups excluding tert-OH is 1. The first-order chi connectivity index (χ1) is 16.1. The Balaban J connectivity index is 0. The molecule has 9 heteroatoms. The van der Waals surface area contributed by atoms with Gasteiger partial charge in [-0.25, -0.2) is 0 Å². The minimum Gasteiger partial charge on any atom is -0.480 e. The van der Waals surface area contributed by atoms with Crippen LogP contribution in [0.4, 0.5) is 0 Å². The molecule has 0 bridgehead atoms.